The number of thiazole rings is 1. The molecule has 0 bridgehead atoms. The number of aromatic nitrogens is 1. The van der Waals surface area contributed by atoms with Gasteiger partial charge in [0.15, 0.2) is 4.34 Å². The lowest BCUT2D eigenvalue weighted by atomic mass is 10.2. The molecule has 23 heavy (non-hydrogen) atoms. The van der Waals surface area contributed by atoms with Gasteiger partial charge in [-0.15, -0.1) is 11.3 Å². The summed E-state index contributed by atoms with van der Waals surface area (Å²) in [6.07, 6.45) is 2.01. The van der Waals surface area contributed by atoms with Gasteiger partial charge in [-0.1, -0.05) is 17.8 Å². The van der Waals surface area contributed by atoms with Crippen LogP contribution in [0.2, 0.25) is 0 Å². The van der Waals surface area contributed by atoms with E-state index in [0.717, 1.165) is 23.7 Å². The lowest BCUT2D eigenvalue weighted by Gasteiger charge is -2.07. The second kappa shape index (κ2) is 7.02. The molecule has 3 aromatic rings. The van der Waals surface area contributed by atoms with Crippen LogP contribution >= 0.6 is 45.7 Å². The molecule has 0 fully saturated rings. The van der Waals surface area contributed by atoms with E-state index in [0.29, 0.717) is 12.2 Å². The van der Waals surface area contributed by atoms with Crippen LogP contribution in [-0.4, -0.2) is 16.2 Å². The van der Waals surface area contributed by atoms with Gasteiger partial charge < -0.3 is 5.32 Å². The first kappa shape index (κ1) is 16.5. The summed E-state index contributed by atoms with van der Waals surface area (Å²) in [5.41, 5.74) is 2.69. The highest BCUT2D eigenvalue weighted by Crippen LogP contribution is 2.30. The number of nitrogens with zero attached hydrogens (tertiary/aromatic N) is 2. The number of anilines is 1. The van der Waals surface area contributed by atoms with Gasteiger partial charge in [-0.05, 0) is 58.7 Å². The molecule has 118 valence electrons. The van der Waals surface area contributed by atoms with E-state index in [1.807, 2.05) is 24.5 Å². The van der Waals surface area contributed by atoms with Crippen molar-refractivity contribution >= 4 is 67.3 Å². The molecule has 0 aliphatic heterocycles. The van der Waals surface area contributed by atoms with Crippen molar-refractivity contribution in [2.24, 2.45) is 0 Å². The number of thioether (sulfide) groups is 1. The minimum absolute atomic E-state index is 0.0976. The summed E-state index contributed by atoms with van der Waals surface area (Å²) in [6.45, 7) is 0.532. The lowest BCUT2D eigenvalue weighted by molar-refractivity contribution is -0.384. The molecular formula is C15H12IN3O2S2. The molecule has 1 aromatic heterocycles. The Labute approximate surface area is 154 Å². The summed E-state index contributed by atoms with van der Waals surface area (Å²) in [6, 6.07) is 11.2. The zero-order valence-corrected chi connectivity index (χ0v) is 15.9. The van der Waals surface area contributed by atoms with Crippen molar-refractivity contribution in [3.05, 3.63) is 55.6 Å². The molecule has 0 spiro atoms. The van der Waals surface area contributed by atoms with Gasteiger partial charge in [-0.25, -0.2) is 4.98 Å². The van der Waals surface area contributed by atoms with Crippen LogP contribution in [0.1, 0.15) is 5.56 Å². The van der Waals surface area contributed by atoms with Crippen molar-refractivity contribution in [2.45, 2.75) is 10.9 Å². The number of nitrogens with one attached hydrogen (secondary N) is 1. The molecular weight excluding hydrogens is 445 g/mol. The van der Waals surface area contributed by atoms with E-state index in [1.165, 1.54) is 0 Å². The van der Waals surface area contributed by atoms with Crippen LogP contribution < -0.4 is 5.32 Å². The van der Waals surface area contributed by atoms with E-state index >= 15 is 0 Å². The summed E-state index contributed by atoms with van der Waals surface area (Å²) < 4.78 is 3.01. The highest BCUT2D eigenvalue weighted by molar-refractivity contribution is 14.1. The van der Waals surface area contributed by atoms with Crippen molar-refractivity contribution in [1.82, 2.24) is 4.98 Å². The number of halogens is 1. The summed E-state index contributed by atoms with van der Waals surface area (Å²) >= 11 is 5.36. The van der Waals surface area contributed by atoms with Gasteiger partial charge in [0, 0.05) is 16.2 Å². The smallest absolute Gasteiger partial charge is 0.293 e. The molecule has 1 heterocycles. The fourth-order valence-corrected chi connectivity index (χ4v) is 4.18. The van der Waals surface area contributed by atoms with Crippen molar-refractivity contribution in [1.29, 1.82) is 0 Å². The van der Waals surface area contributed by atoms with E-state index in [9.17, 15) is 10.1 Å². The standard InChI is InChI=1S/C15H12IN3O2S2/c1-22-15-18-12-4-2-9(6-14(12)23-15)8-17-11-5-3-10(16)7-13(11)19(20)21/h2-7,17H,8H2,1H3. The molecule has 1 N–H and O–H groups in total. The number of benzene rings is 2. The number of rotatable bonds is 5. The maximum Gasteiger partial charge on any atom is 0.293 e. The van der Waals surface area contributed by atoms with Gasteiger partial charge in [0.25, 0.3) is 5.69 Å². The molecule has 0 atom stereocenters. The second-order valence-corrected chi connectivity index (χ2v) is 8.09. The van der Waals surface area contributed by atoms with Gasteiger partial charge in [-0.2, -0.15) is 0 Å². The molecule has 0 radical (unpaired) electrons. The van der Waals surface area contributed by atoms with Gasteiger partial charge >= 0.3 is 0 Å². The molecule has 2 aromatic carbocycles. The van der Waals surface area contributed by atoms with E-state index in [4.69, 9.17) is 0 Å². The van der Waals surface area contributed by atoms with Crippen molar-refractivity contribution in [3.63, 3.8) is 0 Å². The van der Waals surface area contributed by atoms with Gasteiger partial charge in [0.05, 0.1) is 15.1 Å². The summed E-state index contributed by atoms with van der Waals surface area (Å²) in [7, 11) is 0. The van der Waals surface area contributed by atoms with Crippen LogP contribution in [0.5, 0.6) is 0 Å². The number of fused-ring (bicyclic) bond motifs is 1. The highest BCUT2D eigenvalue weighted by Gasteiger charge is 2.14. The van der Waals surface area contributed by atoms with Crippen LogP contribution in [0.4, 0.5) is 11.4 Å². The Morgan fingerprint density at radius 1 is 1.35 bits per heavy atom. The van der Waals surface area contributed by atoms with Crippen LogP contribution in [-0.2, 0) is 6.54 Å². The second-order valence-electron chi connectivity index (χ2n) is 4.76. The van der Waals surface area contributed by atoms with Gasteiger partial charge in [0.2, 0.25) is 0 Å². The number of hydrogen-bond acceptors (Lipinski definition) is 6. The Balaban J connectivity index is 1.82. The largest absolute Gasteiger partial charge is 0.375 e. The number of nitro benzene ring substituents is 1. The van der Waals surface area contributed by atoms with Gasteiger partial charge in [-0.3, -0.25) is 10.1 Å². The SMILES string of the molecule is CSc1nc2ccc(CNc3ccc(I)cc3[N+](=O)[O-])cc2s1. The zero-order chi connectivity index (χ0) is 16.4. The first-order valence-electron chi connectivity index (χ1n) is 6.68. The topological polar surface area (TPSA) is 68.1 Å². The Morgan fingerprint density at radius 2 is 2.17 bits per heavy atom. The minimum Gasteiger partial charge on any atom is -0.375 e. The fourth-order valence-electron chi connectivity index (χ4n) is 2.15. The van der Waals surface area contributed by atoms with E-state index < -0.39 is 0 Å². The molecule has 0 aliphatic carbocycles. The predicted octanol–water partition coefficient (Wildman–Crippen LogP) is 5.14. The van der Waals surface area contributed by atoms with Crippen LogP contribution in [0, 0.1) is 13.7 Å². The van der Waals surface area contributed by atoms with Crippen LogP contribution in [0.25, 0.3) is 10.2 Å². The van der Waals surface area contributed by atoms with Gasteiger partial charge in [0.1, 0.15) is 5.69 Å². The normalized spacial score (nSPS) is 10.9. The molecule has 0 aliphatic rings. The number of nitro groups is 1. The first-order valence-corrected chi connectivity index (χ1v) is 9.80. The highest BCUT2D eigenvalue weighted by atomic mass is 127. The average molecular weight is 457 g/mol. The van der Waals surface area contributed by atoms with Crippen molar-refractivity contribution in [3.8, 4) is 0 Å². The first-order chi connectivity index (χ1) is 11.1. The monoisotopic (exact) mass is 457 g/mol. The molecule has 3 rings (SSSR count). The molecule has 0 amide bonds. The molecule has 0 saturated carbocycles. The molecule has 0 unspecified atom stereocenters. The minimum atomic E-state index is -0.359. The Kier molecular flexibility index (Phi) is 5.02. The summed E-state index contributed by atoms with van der Waals surface area (Å²) in [5, 5.41) is 14.3. The molecule has 8 heteroatoms. The fraction of sp³-hybridized carbons (Fsp3) is 0.133. The maximum absolute atomic E-state index is 11.1. The molecule has 0 saturated heterocycles. The van der Waals surface area contributed by atoms with Crippen molar-refractivity contribution < 1.29 is 4.92 Å². The number of hydrogen-bond donors (Lipinski definition) is 1. The van der Waals surface area contributed by atoms with E-state index in [1.54, 1.807) is 35.2 Å². The average Bonchev–Trinajstić information content (AvgIpc) is 2.95. The Hall–Kier alpha value is -1.39. The molecule has 5 nitrogen and oxygen atoms in total. The van der Waals surface area contributed by atoms with Crippen molar-refractivity contribution in [2.75, 3.05) is 11.6 Å². The third-order valence-electron chi connectivity index (χ3n) is 3.25. The van der Waals surface area contributed by atoms with E-state index in [2.05, 4.69) is 39.0 Å². The Morgan fingerprint density at radius 3 is 2.91 bits per heavy atom. The van der Waals surface area contributed by atoms with E-state index in [-0.39, 0.29) is 10.6 Å². The lowest BCUT2D eigenvalue weighted by Crippen LogP contribution is -2.02. The summed E-state index contributed by atoms with van der Waals surface area (Å²) in [5.74, 6) is 0. The Bertz CT molecular complexity index is 882. The predicted molar refractivity (Wildman–Crippen MR) is 105 cm³/mol. The maximum atomic E-state index is 11.1. The quantitative estimate of drug-likeness (QED) is 0.249. The summed E-state index contributed by atoms with van der Waals surface area (Å²) in [4.78, 5) is 15.3. The van der Waals surface area contributed by atoms with Crippen LogP contribution in [0.15, 0.2) is 40.7 Å². The van der Waals surface area contributed by atoms with Crippen LogP contribution in [0.3, 0.4) is 0 Å². The third-order valence-corrected chi connectivity index (χ3v) is 5.92. The third kappa shape index (κ3) is 3.75. The zero-order valence-electron chi connectivity index (χ0n) is 12.1.